The van der Waals surface area contributed by atoms with Crippen molar-refractivity contribution < 1.29 is 4.39 Å². The minimum Gasteiger partial charge on any atom is -0.206 e. The molecule has 0 aromatic heterocycles. The lowest BCUT2D eigenvalue weighted by Crippen LogP contribution is -2.14. The lowest BCUT2D eigenvalue weighted by Gasteiger charge is -2.27. The van der Waals surface area contributed by atoms with Gasteiger partial charge in [0.05, 0.1) is 0 Å². The molecule has 0 spiro atoms. The minimum atomic E-state index is -0.0428. The Balaban J connectivity index is 1.37. The Morgan fingerprint density at radius 1 is 0.743 bits per heavy atom. The summed E-state index contributed by atoms with van der Waals surface area (Å²) in [7, 11) is 0. The first kappa shape index (κ1) is 25.5. The summed E-state index contributed by atoms with van der Waals surface area (Å²) in [4.78, 5) is 0. The molecule has 1 aliphatic carbocycles. The minimum absolute atomic E-state index is 0.0428. The van der Waals surface area contributed by atoms with Gasteiger partial charge in [-0.2, -0.15) is 0 Å². The van der Waals surface area contributed by atoms with Gasteiger partial charge in [-0.25, -0.2) is 4.39 Å². The van der Waals surface area contributed by atoms with Gasteiger partial charge >= 0.3 is 0 Å². The summed E-state index contributed by atoms with van der Waals surface area (Å²) >= 11 is 0. The number of fused-ring (bicyclic) bond motifs is 1. The third-order valence-corrected chi connectivity index (χ3v) is 8.02. The summed E-state index contributed by atoms with van der Waals surface area (Å²) in [5, 5.41) is 1.65. The maximum atomic E-state index is 15.3. The second kappa shape index (κ2) is 12.9. The molecule has 0 N–H and O–H groups in total. The Labute approximate surface area is 212 Å². The van der Waals surface area contributed by atoms with Gasteiger partial charge in [-0.3, -0.25) is 0 Å². The standard InChI is InChI=1S/C34H41F/c1-3-5-6-7-8-27-13-15-28(16-14-27)17-18-30-20-24-33-32(25-30)23-22-31(34(33)35)21-19-29-11-9-26(4-2)10-12-29/h13-16,20,22-26,29H,3-12,19,21H2,1-2H3. The van der Waals surface area contributed by atoms with Gasteiger partial charge in [-0.05, 0) is 78.3 Å². The number of rotatable bonds is 9. The second-order valence-electron chi connectivity index (χ2n) is 10.6. The predicted molar refractivity (Wildman–Crippen MR) is 148 cm³/mol. The zero-order valence-electron chi connectivity index (χ0n) is 21.7. The van der Waals surface area contributed by atoms with Crippen LogP contribution in [0.1, 0.15) is 100 Å². The van der Waals surface area contributed by atoms with E-state index in [-0.39, 0.29) is 5.82 Å². The Bertz CT molecular complexity index is 1140. The van der Waals surface area contributed by atoms with E-state index in [0.717, 1.165) is 58.6 Å². The number of halogens is 1. The Morgan fingerprint density at radius 2 is 1.46 bits per heavy atom. The van der Waals surface area contributed by atoms with Crippen molar-refractivity contribution in [2.75, 3.05) is 0 Å². The summed E-state index contributed by atoms with van der Waals surface area (Å²) < 4.78 is 15.3. The fourth-order valence-electron chi connectivity index (χ4n) is 5.55. The van der Waals surface area contributed by atoms with E-state index in [1.165, 1.54) is 63.4 Å². The molecule has 35 heavy (non-hydrogen) atoms. The molecule has 3 aromatic carbocycles. The van der Waals surface area contributed by atoms with E-state index in [0.29, 0.717) is 0 Å². The van der Waals surface area contributed by atoms with Gasteiger partial charge in [0.2, 0.25) is 0 Å². The fourth-order valence-corrected chi connectivity index (χ4v) is 5.55. The van der Waals surface area contributed by atoms with Crippen molar-refractivity contribution in [3.05, 3.63) is 82.7 Å². The predicted octanol–water partition coefficient (Wildman–Crippen LogP) is 9.65. The zero-order valence-corrected chi connectivity index (χ0v) is 21.7. The molecule has 0 bridgehead atoms. The van der Waals surface area contributed by atoms with Crippen molar-refractivity contribution in [2.24, 2.45) is 11.8 Å². The van der Waals surface area contributed by atoms with Crippen LogP contribution in [0.5, 0.6) is 0 Å². The van der Waals surface area contributed by atoms with Gasteiger partial charge in [0.1, 0.15) is 5.82 Å². The van der Waals surface area contributed by atoms with E-state index in [1.807, 2.05) is 24.3 Å². The van der Waals surface area contributed by atoms with Crippen LogP contribution in [0.2, 0.25) is 0 Å². The molecule has 1 heteroatoms. The molecule has 3 aromatic rings. The van der Waals surface area contributed by atoms with Crippen LogP contribution in [0, 0.1) is 29.5 Å². The lowest BCUT2D eigenvalue weighted by atomic mass is 9.78. The molecule has 4 rings (SSSR count). The van der Waals surface area contributed by atoms with Crippen molar-refractivity contribution in [3.63, 3.8) is 0 Å². The van der Waals surface area contributed by atoms with Crippen molar-refractivity contribution in [3.8, 4) is 11.8 Å². The molecule has 0 atom stereocenters. The van der Waals surface area contributed by atoms with Crippen LogP contribution in [0.3, 0.4) is 0 Å². The maximum Gasteiger partial charge on any atom is 0.134 e. The first-order valence-electron chi connectivity index (χ1n) is 14.0. The topological polar surface area (TPSA) is 0 Å². The summed E-state index contributed by atoms with van der Waals surface area (Å²) in [6.07, 6.45) is 14.9. The molecule has 0 aliphatic heterocycles. The monoisotopic (exact) mass is 468 g/mol. The van der Waals surface area contributed by atoms with Gasteiger partial charge in [0.15, 0.2) is 0 Å². The fraction of sp³-hybridized carbons (Fsp3) is 0.471. The van der Waals surface area contributed by atoms with Crippen molar-refractivity contribution in [1.29, 1.82) is 0 Å². The first-order valence-corrected chi connectivity index (χ1v) is 14.0. The molecule has 0 unspecified atom stereocenters. The maximum absolute atomic E-state index is 15.3. The first-order chi connectivity index (χ1) is 17.2. The Kier molecular flexibility index (Phi) is 9.42. The number of unbranched alkanes of at least 4 members (excludes halogenated alkanes) is 3. The molecule has 1 fully saturated rings. The highest BCUT2D eigenvalue weighted by molar-refractivity contribution is 5.85. The molecule has 184 valence electrons. The van der Waals surface area contributed by atoms with E-state index in [1.54, 1.807) is 0 Å². The highest BCUT2D eigenvalue weighted by Gasteiger charge is 2.20. The van der Waals surface area contributed by atoms with Gasteiger partial charge in [0.25, 0.3) is 0 Å². The van der Waals surface area contributed by atoms with Crippen LogP contribution in [-0.4, -0.2) is 0 Å². The van der Waals surface area contributed by atoms with E-state index < -0.39 is 0 Å². The van der Waals surface area contributed by atoms with Crippen molar-refractivity contribution in [1.82, 2.24) is 0 Å². The zero-order chi connectivity index (χ0) is 24.5. The molecular formula is C34H41F. The molecular weight excluding hydrogens is 427 g/mol. The Hall–Kier alpha value is -2.59. The molecule has 0 saturated heterocycles. The quantitative estimate of drug-likeness (QED) is 0.216. The molecule has 0 radical (unpaired) electrons. The highest BCUT2D eigenvalue weighted by Crippen LogP contribution is 2.33. The normalized spacial score (nSPS) is 17.8. The van der Waals surface area contributed by atoms with Crippen LogP contribution >= 0.6 is 0 Å². The van der Waals surface area contributed by atoms with Crippen molar-refractivity contribution in [2.45, 2.75) is 90.9 Å². The molecule has 1 aliphatic rings. The van der Waals surface area contributed by atoms with E-state index >= 15 is 4.39 Å². The average Bonchev–Trinajstić information content (AvgIpc) is 2.90. The summed E-state index contributed by atoms with van der Waals surface area (Å²) in [5.74, 6) is 8.18. The van der Waals surface area contributed by atoms with E-state index in [2.05, 4.69) is 56.0 Å². The Morgan fingerprint density at radius 3 is 2.20 bits per heavy atom. The van der Waals surface area contributed by atoms with Crippen LogP contribution in [0.4, 0.5) is 4.39 Å². The smallest absolute Gasteiger partial charge is 0.134 e. The summed E-state index contributed by atoms with van der Waals surface area (Å²) in [6, 6.07) is 18.6. The van der Waals surface area contributed by atoms with Crippen molar-refractivity contribution >= 4 is 10.8 Å². The average molecular weight is 469 g/mol. The largest absolute Gasteiger partial charge is 0.206 e. The summed E-state index contributed by atoms with van der Waals surface area (Å²) in [6.45, 7) is 4.55. The van der Waals surface area contributed by atoms with Crippen LogP contribution in [-0.2, 0) is 12.8 Å². The van der Waals surface area contributed by atoms with Gasteiger partial charge < -0.3 is 0 Å². The van der Waals surface area contributed by atoms with Crippen LogP contribution < -0.4 is 0 Å². The second-order valence-corrected chi connectivity index (χ2v) is 10.6. The lowest BCUT2D eigenvalue weighted by molar-refractivity contribution is 0.258. The van der Waals surface area contributed by atoms with Gasteiger partial charge in [-0.1, -0.05) is 107 Å². The van der Waals surface area contributed by atoms with Gasteiger partial charge in [0, 0.05) is 16.5 Å². The number of hydrogen-bond donors (Lipinski definition) is 0. The van der Waals surface area contributed by atoms with E-state index in [9.17, 15) is 0 Å². The molecule has 0 nitrogen and oxygen atoms in total. The SMILES string of the molecule is CCCCCCc1ccc(C#Cc2ccc3c(F)c(CCC4CCC(CC)CC4)ccc3c2)cc1. The summed E-state index contributed by atoms with van der Waals surface area (Å²) in [5.41, 5.74) is 4.21. The number of hydrogen-bond acceptors (Lipinski definition) is 0. The van der Waals surface area contributed by atoms with Gasteiger partial charge in [-0.15, -0.1) is 0 Å². The molecule has 1 saturated carbocycles. The molecule has 0 amide bonds. The van der Waals surface area contributed by atoms with Crippen LogP contribution in [0.15, 0.2) is 54.6 Å². The third-order valence-electron chi connectivity index (χ3n) is 8.02. The third kappa shape index (κ3) is 7.20. The molecule has 0 heterocycles. The highest BCUT2D eigenvalue weighted by atomic mass is 19.1. The number of benzene rings is 3. The number of aryl methyl sites for hydroxylation is 2. The van der Waals surface area contributed by atoms with Crippen LogP contribution in [0.25, 0.3) is 10.8 Å². The van der Waals surface area contributed by atoms with E-state index in [4.69, 9.17) is 0 Å².